The number of aromatic nitrogens is 2. The van der Waals surface area contributed by atoms with E-state index in [1.807, 2.05) is 13.0 Å². The molecule has 1 aromatic heterocycles. The molecule has 1 heterocycles. The summed E-state index contributed by atoms with van der Waals surface area (Å²) in [5.74, 6) is 1.45. The SMILES string of the molecule is CCNc1nccc(NCCN)n1. The molecule has 5 nitrogen and oxygen atoms in total. The maximum Gasteiger partial charge on any atom is 0.224 e. The molecular formula is C8H15N5. The molecule has 72 valence electrons. The molecular weight excluding hydrogens is 166 g/mol. The maximum atomic E-state index is 5.35. The fourth-order valence-electron chi connectivity index (χ4n) is 0.901. The Kier molecular flexibility index (Phi) is 3.98. The highest BCUT2D eigenvalue weighted by Gasteiger charge is 1.95. The summed E-state index contributed by atoms with van der Waals surface area (Å²) in [6.45, 7) is 4.15. The largest absolute Gasteiger partial charge is 0.369 e. The van der Waals surface area contributed by atoms with Gasteiger partial charge in [-0.15, -0.1) is 0 Å². The monoisotopic (exact) mass is 181 g/mol. The molecule has 0 aliphatic carbocycles. The Morgan fingerprint density at radius 1 is 1.46 bits per heavy atom. The quantitative estimate of drug-likeness (QED) is 0.608. The molecule has 4 N–H and O–H groups in total. The summed E-state index contributed by atoms with van der Waals surface area (Å²) >= 11 is 0. The summed E-state index contributed by atoms with van der Waals surface area (Å²) in [5, 5.41) is 6.11. The van der Waals surface area contributed by atoms with E-state index >= 15 is 0 Å². The van der Waals surface area contributed by atoms with E-state index in [1.165, 1.54) is 0 Å². The summed E-state index contributed by atoms with van der Waals surface area (Å²) in [7, 11) is 0. The minimum absolute atomic E-state index is 0.598. The average Bonchev–Trinajstić information content (AvgIpc) is 2.16. The lowest BCUT2D eigenvalue weighted by Crippen LogP contribution is -2.14. The fraction of sp³-hybridized carbons (Fsp3) is 0.500. The third kappa shape index (κ3) is 3.25. The van der Waals surface area contributed by atoms with Gasteiger partial charge < -0.3 is 16.4 Å². The van der Waals surface area contributed by atoms with Gasteiger partial charge in [0.05, 0.1) is 0 Å². The van der Waals surface area contributed by atoms with E-state index in [4.69, 9.17) is 5.73 Å². The average molecular weight is 181 g/mol. The molecule has 1 aromatic rings. The number of nitrogens with two attached hydrogens (primary N) is 1. The summed E-state index contributed by atoms with van der Waals surface area (Å²) < 4.78 is 0. The number of hydrogen-bond donors (Lipinski definition) is 3. The molecule has 0 fully saturated rings. The third-order valence-electron chi connectivity index (χ3n) is 1.44. The second kappa shape index (κ2) is 5.31. The highest BCUT2D eigenvalue weighted by molar-refractivity contribution is 5.39. The van der Waals surface area contributed by atoms with E-state index < -0.39 is 0 Å². The van der Waals surface area contributed by atoms with Crippen molar-refractivity contribution in [3.8, 4) is 0 Å². The lowest BCUT2D eigenvalue weighted by Gasteiger charge is -2.05. The molecule has 0 bridgehead atoms. The summed E-state index contributed by atoms with van der Waals surface area (Å²) in [4.78, 5) is 8.25. The second-order valence-corrected chi connectivity index (χ2v) is 2.51. The Bertz CT molecular complexity index is 250. The normalized spacial score (nSPS) is 9.69. The van der Waals surface area contributed by atoms with E-state index in [9.17, 15) is 0 Å². The Hall–Kier alpha value is -1.36. The first-order chi connectivity index (χ1) is 6.36. The van der Waals surface area contributed by atoms with Gasteiger partial charge in [0.15, 0.2) is 0 Å². The van der Waals surface area contributed by atoms with Gasteiger partial charge in [0.1, 0.15) is 5.82 Å². The number of rotatable bonds is 5. The Balaban J connectivity index is 2.56. The highest BCUT2D eigenvalue weighted by Crippen LogP contribution is 2.04. The highest BCUT2D eigenvalue weighted by atomic mass is 15.1. The van der Waals surface area contributed by atoms with Gasteiger partial charge in [0, 0.05) is 25.8 Å². The first-order valence-electron chi connectivity index (χ1n) is 4.37. The standard InChI is InChI=1S/C8H15N5/c1-2-10-8-12-5-3-7(13-8)11-6-4-9/h3,5H,2,4,6,9H2,1H3,(H2,10,11,12,13). The van der Waals surface area contributed by atoms with Crippen molar-refractivity contribution in [2.75, 3.05) is 30.3 Å². The van der Waals surface area contributed by atoms with Crippen molar-refractivity contribution in [1.29, 1.82) is 0 Å². The zero-order chi connectivity index (χ0) is 9.52. The number of hydrogen-bond acceptors (Lipinski definition) is 5. The van der Waals surface area contributed by atoms with Crippen molar-refractivity contribution in [2.24, 2.45) is 5.73 Å². The topological polar surface area (TPSA) is 75.9 Å². The van der Waals surface area contributed by atoms with Crippen molar-refractivity contribution >= 4 is 11.8 Å². The van der Waals surface area contributed by atoms with Gasteiger partial charge in [0.2, 0.25) is 5.95 Å². The van der Waals surface area contributed by atoms with E-state index in [2.05, 4.69) is 20.6 Å². The molecule has 0 saturated heterocycles. The van der Waals surface area contributed by atoms with Crippen LogP contribution in [-0.2, 0) is 0 Å². The molecule has 13 heavy (non-hydrogen) atoms. The minimum Gasteiger partial charge on any atom is -0.369 e. The molecule has 5 heteroatoms. The van der Waals surface area contributed by atoms with Gasteiger partial charge in [-0.3, -0.25) is 0 Å². The van der Waals surface area contributed by atoms with Gasteiger partial charge in [-0.25, -0.2) is 4.98 Å². The van der Waals surface area contributed by atoms with E-state index in [0.717, 1.165) is 18.9 Å². The molecule has 0 saturated carbocycles. The molecule has 0 amide bonds. The van der Waals surface area contributed by atoms with Crippen molar-refractivity contribution in [3.05, 3.63) is 12.3 Å². The number of nitrogens with one attached hydrogen (secondary N) is 2. The van der Waals surface area contributed by atoms with Crippen LogP contribution in [0.25, 0.3) is 0 Å². The molecule has 0 radical (unpaired) electrons. The predicted molar refractivity (Wildman–Crippen MR) is 53.7 cm³/mol. The van der Waals surface area contributed by atoms with Crippen molar-refractivity contribution < 1.29 is 0 Å². The van der Waals surface area contributed by atoms with Gasteiger partial charge in [-0.05, 0) is 13.0 Å². The molecule has 0 unspecified atom stereocenters. The fourth-order valence-corrected chi connectivity index (χ4v) is 0.901. The van der Waals surface area contributed by atoms with Crippen LogP contribution in [0.1, 0.15) is 6.92 Å². The van der Waals surface area contributed by atoms with Crippen LogP contribution in [0.3, 0.4) is 0 Å². The summed E-state index contributed by atoms with van der Waals surface area (Å²) in [5.41, 5.74) is 5.35. The minimum atomic E-state index is 0.598. The van der Waals surface area contributed by atoms with Crippen LogP contribution in [0.4, 0.5) is 11.8 Å². The van der Waals surface area contributed by atoms with Crippen molar-refractivity contribution in [1.82, 2.24) is 9.97 Å². The van der Waals surface area contributed by atoms with Crippen LogP contribution in [0.15, 0.2) is 12.3 Å². The Morgan fingerprint density at radius 2 is 2.31 bits per heavy atom. The van der Waals surface area contributed by atoms with E-state index in [1.54, 1.807) is 6.20 Å². The zero-order valence-corrected chi connectivity index (χ0v) is 7.75. The van der Waals surface area contributed by atoms with E-state index in [-0.39, 0.29) is 0 Å². The first-order valence-corrected chi connectivity index (χ1v) is 4.37. The van der Waals surface area contributed by atoms with Gasteiger partial charge in [0.25, 0.3) is 0 Å². The van der Waals surface area contributed by atoms with Crippen LogP contribution in [0.2, 0.25) is 0 Å². The Labute approximate surface area is 77.8 Å². The molecule has 0 aliphatic heterocycles. The number of anilines is 2. The predicted octanol–water partition coefficient (Wildman–Crippen LogP) is 0.279. The third-order valence-corrected chi connectivity index (χ3v) is 1.44. The van der Waals surface area contributed by atoms with Crippen molar-refractivity contribution in [2.45, 2.75) is 6.92 Å². The lowest BCUT2D eigenvalue weighted by atomic mass is 10.5. The van der Waals surface area contributed by atoms with Crippen LogP contribution in [0, 0.1) is 0 Å². The molecule has 1 rings (SSSR count). The molecule has 0 aromatic carbocycles. The van der Waals surface area contributed by atoms with Gasteiger partial charge in [-0.2, -0.15) is 4.98 Å². The van der Waals surface area contributed by atoms with Crippen molar-refractivity contribution in [3.63, 3.8) is 0 Å². The summed E-state index contributed by atoms with van der Waals surface area (Å²) in [6, 6.07) is 1.82. The van der Waals surface area contributed by atoms with Crippen LogP contribution >= 0.6 is 0 Å². The van der Waals surface area contributed by atoms with Crippen LogP contribution < -0.4 is 16.4 Å². The molecule has 0 spiro atoms. The van der Waals surface area contributed by atoms with Gasteiger partial charge in [-0.1, -0.05) is 0 Å². The first kappa shape index (κ1) is 9.73. The maximum absolute atomic E-state index is 5.35. The van der Waals surface area contributed by atoms with E-state index in [0.29, 0.717) is 12.5 Å². The van der Waals surface area contributed by atoms with Crippen LogP contribution in [0.5, 0.6) is 0 Å². The van der Waals surface area contributed by atoms with Gasteiger partial charge >= 0.3 is 0 Å². The molecule has 0 aliphatic rings. The Morgan fingerprint density at radius 3 is 3.00 bits per heavy atom. The lowest BCUT2D eigenvalue weighted by molar-refractivity contribution is 1.000. The summed E-state index contributed by atoms with van der Waals surface area (Å²) in [6.07, 6.45) is 1.71. The second-order valence-electron chi connectivity index (χ2n) is 2.51. The van der Waals surface area contributed by atoms with Crippen LogP contribution in [-0.4, -0.2) is 29.6 Å². The smallest absolute Gasteiger partial charge is 0.224 e. The zero-order valence-electron chi connectivity index (χ0n) is 7.75. The number of nitrogens with zero attached hydrogens (tertiary/aromatic N) is 2. The molecule has 0 atom stereocenters.